The van der Waals surface area contributed by atoms with Crippen LogP contribution in [-0.2, 0) is 19.1 Å². The highest BCUT2D eigenvalue weighted by atomic mass is 16.5. The molecule has 0 aliphatic heterocycles. The molecule has 0 fully saturated rings. The van der Waals surface area contributed by atoms with Crippen LogP contribution in [0.1, 0.15) is 39.5 Å². The summed E-state index contributed by atoms with van der Waals surface area (Å²) in [4.78, 5) is 23.5. The van der Waals surface area contributed by atoms with Gasteiger partial charge >= 0.3 is 11.9 Å². The Morgan fingerprint density at radius 2 is 1.74 bits per heavy atom. The standard InChI is InChI=1S/C15H24O4/c1-6-7-8-9-10-12(2)11-15(3,13(16)18-4)14(17)19-5/h9-10H,2,6-8,11H2,1,3-5H3/b10-9+. The van der Waals surface area contributed by atoms with Crippen LogP contribution in [0.25, 0.3) is 0 Å². The molecule has 0 atom stereocenters. The predicted molar refractivity (Wildman–Crippen MR) is 74.6 cm³/mol. The summed E-state index contributed by atoms with van der Waals surface area (Å²) in [6, 6.07) is 0. The van der Waals surface area contributed by atoms with Gasteiger partial charge in [0, 0.05) is 0 Å². The van der Waals surface area contributed by atoms with Crippen molar-refractivity contribution in [3.05, 3.63) is 24.3 Å². The van der Waals surface area contributed by atoms with Crippen molar-refractivity contribution in [2.45, 2.75) is 39.5 Å². The Labute approximate surface area is 115 Å². The Morgan fingerprint density at radius 3 is 2.16 bits per heavy atom. The molecule has 0 heterocycles. The summed E-state index contributed by atoms with van der Waals surface area (Å²) in [6.07, 6.45) is 7.23. The molecule has 4 nitrogen and oxygen atoms in total. The molecule has 19 heavy (non-hydrogen) atoms. The lowest BCUT2D eigenvalue weighted by Gasteiger charge is -2.23. The molecule has 0 bridgehead atoms. The van der Waals surface area contributed by atoms with Gasteiger partial charge in [-0.2, -0.15) is 0 Å². The summed E-state index contributed by atoms with van der Waals surface area (Å²) in [5.74, 6) is -1.22. The first-order valence-corrected chi connectivity index (χ1v) is 6.43. The maximum atomic E-state index is 11.8. The van der Waals surface area contributed by atoms with Crippen LogP contribution >= 0.6 is 0 Å². The number of allylic oxidation sites excluding steroid dienone is 3. The quantitative estimate of drug-likeness (QED) is 0.294. The highest BCUT2D eigenvalue weighted by Gasteiger charge is 2.43. The zero-order valence-corrected chi connectivity index (χ0v) is 12.3. The summed E-state index contributed by atoms with van der Waals surface area (Å²) < 4.78 is 9.35. The lowest BCUT2D eigenvalue weighted by atomic mass is 9.83. The maximum Gasteiger partial charge on any atom is 0.323 e. The lowest BCUT2D eigenvalue weighted by molar-refractivity contribution is -0.167. The molecule has 0 aromatic heterocycles. The van der Waals surface area contributed by atoms with Crippen molar-refractivity contribution in [1.29, 1.82) is 0 Å². The minimum atomic E-state index is -1.34. The number of unbranched alkanes of at least 4 members (excludes halogenated alkanes) is 2. The summed E-state index contributed by atoms with van der Waals surface area (Å²) >= 11 is 0. The van der Waals surface area contributed by atoms with Crippen LogP contribution in [0.15, 0.2) is 24.3 Å². The first-order chi connectivity index (χ1) is 8.92. The Bertz CT molecular complexity index is 339. The van der Waals surface area contributed by atoms with E-state index in [1.165, 1.54) is 21.1 Å². The number of methoxy groups -OCH3 is 2. The molecule has 0 saturated heterocycles. The van der Waals surface area contributed by atoms with E-state index in [-0.39, 0.29) is 6.42 Å². The molecular weight excluding hydrogens is 244 g/mol. The van der Waals surface area contributed by atoms with Crippen molar-refractivity contribution in [2.24, 2.45) is 5.41 Å². The number of rotatable bonds is 8. The van der Waals surface area contributed by atoms with Crippen LogP contribution in [0.3, 0.4) is 0 Å². The van der Waals surface area contributed by atoms with Gasteiger partial charge in [0.2, 0.25) is 0 Å². The molecule has 0 aliphatic carbocycles. The average molecular weight is 268 g/mol. The SMILES string of the molecule is C=C(/C=C/CCCC)CC(C)(C(=O)OC)C(=O)OC. The third-order valence-electron chi connectivity index (χ3n) is 2.93. The number of carbonyl (C=O) groups excluding carboxylic acids is 2. The third kappa shape index (κ3) is 5.28. The van der Waals surface area contributed by atoms with Crippen molar-refractivity contribution in [3.8, 4) is 0 Å². The van der Waals surface area contributed by atoms with Crippen LogP contribution in [0, 0.1) is 5.41 Å². The van der Waals surface area contributed by atoms with Crippen molar-refractivity contribution < 1.29 is 19.1 Å². The van der Waals surface area contributed by atoms with Crippen molar-refractivity contribution >= 4 is 11.9 Å². The molecule has 0 aromatic carbocycles. The van der Waals surface area contributed by atoms with E-state index in [4.69, 9.17) is 0 Å². The zero-order chi connectivity index (χ0) is 14.9. The van der Waals surface area contributed by atoms with Crippen LogP contribution < -0.4 is 0 Å². The normalized spacial score (nSPS) is 11.4. The second kappa shape index (κ2) is 8.51. The zero-order valence-electron chi connectivity index (χ0n) is 12.3. The van der Waals surface area contributed by atoms with E-state index < -0.39 is 17.4 Å². The van der Waals surface area contributed by atoms with E-state index in [0.717, 1.165) is 19.3 Å². The largest absolute Gasteiger partial charge is 0.468 e. The van der Waals surface area contributed by atoms with Gasteiger partial charge in [-0.15, -0.1) is 0 Å². The average Bonchev–Trinajstić information content (AvgIpc) is 2.41. The molecule has 0 amide bonds. The number of hydrogen-bond donors (Lipinski definition) is 0. The van der Waals surface area contributed by atoms with Gasteiger partial charge in [0.1, 0.15) is 0 Å². The van der Waals surface area contributed by atoms with E-state index in [1.54, 1.807) is 0 Å². The minimum absolute atomic E-state index is 0.189. The van der Waals surface area contributed by atoms with Crippen LogP contribution in [0.5, 0.6) is 0 Å². The van der Waals surface area contributed by atoms with Gasteiger partial charge in [-0.25, -0.2) is 0 Å². The maximum absolute atomic E-state index is 11.8. The van der Waals surface area contributed by atoms with Crippen LogP contribution in [0.2, 0.25) is 0 Å². The fourth-order valence-electron chi connectivity index (χ4n) is 1.76. The Hall–Kier alpha value is -1.58. The summed E-state index contributed by atoms with van der Waals surface area (Å²) in [6.45, 7) is 7.50. The van der Waals surface area contributed by atoms with E-state index in [0.29, 0.717) is 5.57 Å². The molecule has 0 rings (SSSR count). The van der Waals surface area contributed by atoms with Crippen LogP contribution in [0.4, 0.5) is 0 Å². The minimum Gasteiger partial charge on any atom is -0.468 e. The highest BCUT2D eigenvalue weighted by molar-refractivity contribution is 5.99. The predicted octanol–water partition coefficient (Wildman–Crippen LogP) is 3.03. The Kier molecular flexibility index (Phi) is 7.80. The second-order valence-corrected chi connectivity index (χ2v) is 4.69. The molecule has 0 spiro atoms. The van der Waals surface area contributed by atoms with Gasteiger partial charge in [0.05, 0.1) is 14.2 Å². The molecule has 0 aliphatic rings. The smallest absolute Gasteiger partial charge is 0.323 e. The van der Waals surface area contributed by atoms with Gasteiger partial charge in [-0.3, -0.25) is 9.59 Å². The number of esters is 2. The Balaban J connectivity index is 4.75. The fraction of sp³-hybridized carbons (Fsp3) is 0.600. The summed E-state index contributed by atoms with van der Waals surface area (Å²) in [5.41, 5.74) is -0.634. The number of hydrogen-bond acceptors (Lipinski definition) is 4. The Morgan fingerprint density at radius 1 is 1.21 bits per heavy atom. The molecule has 0 saturated carbocycles. The van der Waals surface area contributed by atoms with Gasteiger partial charge in [-0.05, 0) is 19.8 Å². The second-order valence-electron chi connectivity index (χ2n) is 4.69. The molecule has 0 radical (unpaired) electrons. The van der Waals surface area contributed by atoms with Gasteiger partial charge in [-0.1, -0.05) is 44.1 Å². The molecule has 108 valence electrons. The van der Waals surface area contributed by atoms with E-state index >= 15 is 0 Å². The lowest BCUT2D eigenvalue weighted by Crippen LogP contribution is -2.38. The van der Waals surface area contributed by atoms with Crippen molar-refractivity contribution in [1.82, 2.24) is 0 Å². The van der Waals surface area contributed by atoms with E-state index in [2.05, 4.69) is 23.0 Å². The van der Waals surface area contributed by atoms with E-state index in [1.807, 2.05) is 12.2 Å². The van der Waals surface area contributed by atoms with Crippen LogP contribution in [-0.4, -0.2) is 26.2 Å². The summed E-state index contributed by atoms with van der Waals surface area (Å²) in [7, 11) is 2.51. The van der Waals surface area contributed by atoms with Gasteiger partial charge in [0.15, 0.2) is 5.41 Å². The number of carbonyl (C=O) groups is 2. The molecule has 0 N–H and O–H groups in total. The van der Waals surface area contributed by atoms with Gasteiger partial charge < -0.3 is 9.47 Å². The molecular formula is C15H24O4. The third-order valence-corrected chi connectivity index (χ3v) is 2.93. The highest BCUT2D eigenvalue weighted by Crippen LogP contribution is 2.29. The van der Waals surface area contributed by atoms with E-state index in [9.17, 15) is 9.59 Å². The first-order valence-electron chi connectivity index (χ1n) is 6.43. The molecule has 0 unspecified atom stereocenters. The van der Waals surface area contributed by atoms with Gasteiger partial charge in [0.25, 0.3) is 0 Å². The monoisotopic (exact) mass is 268 g/mol. The number of ether oxygens (including phenoxy) is 2. The topological polar surface area (TPSA) is 52.6 Å². The molecule has 0 aromatic rings. The first kappa shape index (κ1) is 17.4. The fourth-order valence-corrected chi connectivity index (χ4v) is 1.76. The molecule has 4 heteroatoms. The summed E-state index contributed by atoms with van der Waals surface area (Å²) in [5, 5.41) is 0. The van der Waals surface area contributed by atoms with Crippen molar-refractivity contribution in [2.75, 3.05) is 14.2 Å². The van der Waals surface area contributed by atoms with Crippen molar-refractivity contribution in [3.63, 3.8) is 0 Å².